The first-order chi connectivity index (χ1) is 9.00. The molecule has 0 aromatic carbocycles. The molecule has 1 N–H and O–H groups in total. The van der Waals surface area contributed by atoms with Crippen molar-refractivity contribution < 1.29 is 19.4 Å². The molecule has 2 aliphatic rings. The number of carboxylic acid groups (broad SMARTS) is 1. The van der Waals surface area contributed by atoms with Crippen molar-refractivity contribution >= 4 is 40.2 Å². The molecular weight excluding hydrogens is 288 g/mol. The minimum absolute atomic E-state index is 0.291. The summed E-state index contributed by atoms with van der Waals surface area (Å²) in [5.74, 6) is -1.40. The van der Waals surface area contributed by atoms with Crippen molar-refractivity contribution in [2.75, 3.05) is 26.3 Å². The van der Waals surface area contributed by atoms with Gasteiger partial charge >= 0.3 is 5.97 Å². The van der Waals surface area contributed by atoms with Gasteiger partial charge in [-0.15, -0.1) is 0 Å². The van der Waals surface area contributed by atoms with Crippen LogP contribution in [0.5, 0.6) is 0 Å². The van der Waals surface area contributed by atoms with Gasteiger partial charge in [0, 0.05) is 19.3 Å². The van der Waals surface area contributed by atoms with Gasteiger partial charge in [0.1, 0.15) is 10.4 Å². The molecule has 0 aromatic heterocycles. The van der Waals surface area contributed by atoms with E-state index in [1.807, 2.05) is 4.90 Å². The number of aliphatic carboxylic acids is 1. The topological polar surface area (TPSA) is 70.1 Å². The lowest BCUT2D eigenvalue weighted by Gasteiger charge is -2.25. The third-order valence-corrected chi connectivity index (χ3v) is 4.23. The van der Waals surface area contributed by atoms with Crippen molar-refractivity contribution in [1.82, 2.24) is 9.80 Å². The fraction of sp³-hybridized carbons (Fsp3) is 0.545. The Labute approximate surface area is 120 Å². The summed E-state index contributed by atoms with van der Waals surface area (Å²) in [4.78, 5) is 26.7. The number of thiocarbonyl (C=S) groups is 1. The summed E-state index contributed by atoms with van der Waals surface area (Å²) >= 11 is 6.22. The summed E-state index contributed by atoms with van der Waals surface area (Å²) in [6.45, 7) is 4.15. The van der Waals surface area contributed by atoms with E-state index in [1.54, 1.807) is 6.20 Å². The highest BCUT2D eigenvalue weighted by Crippen LogP contribution is 2.32. The zero-order chi connectivity index (χ0) is 14.0. The molecule has 6 nitrogen and oxygen atoms in total. The number of hydrogen-bond donors (Lipinski definition) is 1. The van der Waals surface area contributed by atoms with Crippen LogP contribution < -0.4 is 0 Å². The highest BCUT2D eigenvalue weighted by Gasteiger charge is 2.38. The molecule has 2 aliphatic heterocycles. The van der Waals surface area contributed by atoms with Crippen LogP contribution in [-0.4, -0.2) is 63.4 Å². The van der Waals surface area contributed by atoms with Gasteiger partial charge in [-0.25, -0.2) is 4.79 Å². The van der Waals surface area contributed by atoms with Crippen LogP contribution in [0.25, 0.3) is 0 Å². The third kappa shape index (κ3) is 3.07. The SMILES string of the molecule is C[C@@H](C(=O)O)N1C(=O)/C(=C\N2CCOCC2)SC1=S. The first-order valence-electron chi connectivity index (χ1n) is 5.82. The number of amides is 1. The molecule has 104 valence electrons. The smallest absolute Gasteiger partial charge is 0.326 e. The Morgan fingerprint density at radius 1 is 1.53 bits per heavy atom. The van der Waals surface area contributed by atoms with Gasteiger partial charge < -0.3 is 14.7 Å². The average Bonchev–Trinajstić information content (AvgIpc) is 2.65. The van der Waals surface area contributed by atoms with E-state index in [-0.39, 0.29) is 5.91 Å². The lowest BCUT2D eigenvalue weighted by molar-refractivity contribution is -0.144. The van der Waals surface area contributed by atoms with Crippen molar-refractivity contribution in [2.24, 2.45) is 0 Å². The molecule has 0 aliphatic carbocycles. The molecule has 0 radical (unpaired) electrons. The fourth-order valence-electron chi connectivity index (χ4n) is 1.79. The summed E-state index contributed by atoms with van der Waals surface area (Å²) < 4.78 is 5.52. The lowest BCUT2D eigenvalue weighted by Crippen LogP contribution is -2.41. The van der Waals surface area contributed by atoms with E-state index in [0.29, 0.717) is 22.4 Å². The van der Waals surface area contributed by atoms with Gasteiger partial charge in [0.2, 0.25) is 0 Å². The monoisotopic (exact) mass is 302 g/mol. The summed E-state index contributed by atoms with van der Waals surface area (Å²) in [5, 5.41) is 8.98. The minimum atomic E-state index is -1.07. The number of nitrogens with zero attached hydrogens (tertiary/aromatic N) is 2. The maximum Gasteiger partial charge on any atom is 0.326 e. The van der Waals surface area contributed by atoms with Crippen molar-refractivity contribution in [3.05, 3.63) is 11.1 Å². The normalized spacial score (nSPS) is 24.2. The van der Waals surface area contributed by atoms with E-state index in [4.69, 9.17) is 22.1 Å². The second-order valence-electron chi connectivity index (χ2n) is 4.20. The lowest BCUT2D eigenvalue weighted by atomic mass is 10.3. The van der Waals surface area contributed by atoms with Crippen molar-refractivity contribution in [3.8, 4) is 0 Å². The zero-order valence-electron chi connectivity index (χ0n) is 10.4. The first kappa shape index (κ1) is 14.3. The van der Waals surface area contributed by atoms with Crippen LogP contribution in [0.2, 0.25) is 0 Å². The fourth-order valence-corrected chi connectivity index (χ4v) is 3.21. The maximum absolute atomic E-state index is 12.2. The molecule has 2 saturated heterocycles. The molecule has 2 rings (SSSR count). The van der Waals surface area contributed by atoms with E-state index in [0.717, 1.165) is 29.8 Å². The zero-order valence-corrected chi connectivity index (χ0v) is 12.0. The first-order valence-corrected chi connectivity index (χ1v) is 7.05. The minimum Gasteiger partial charge on any atom is -0.480 e. The van der Waals surface area contributed by atoms with Gasteiger partial charge in [-0.05, 0) is 6.92 Å². The summed E-state index contributed by atoms with van der Waals surface area (Å²) in [6.07, 6.45) is 1.75. The second-order valence-corrected chi connectivity index (χ2v) is 5.87. The Bertz CT molecular complexity index is 446. The van der Waals surface area contributed by atoms with Crippen molar-refractivity contribution in [3.63, 3.8) is 0 Å². The van der Waals surface area contributed by atoms with Crippen molar-refractivity contribution in [1.29, 1.82) is 0 Å². The summed E-state index contributed by atoms with van der Waals surface area (Å²) in [7, 11) is 0. The molecule has 2 heterocycles. The number of carboxylic acids is 1. The van der Waals surface area contributed by atoms with Gasteiger partial charge in [0.05, 0.1) is 18.1 Å². The van der Waals surface area contributed by atoms with Crippen LogP contribution in [0.1, 0.15) is 6.92 Å². The molecule has 0 aromatic rings. The second kappa shape index (κ2) is 5.89. The van der Waals surface area contributed by atoms with Crippen LogP contribution in [0.3, 0.4) is 0 Å². The Morgan fingerprint density at radius 3 is 2.74 bits per heavy atom. The van der Waals surface area contributed by atoms with Crippen LogP contribution in [0.4, 0.5) is 0 Å². The van der Waals surface area contributed by atoms with E-state index in [1.165, 1.54) is 6.92 Å². The Balaban J connectivity index is 2.13. The van der Waals surface area contributed by atoms with E-state index < -0.39 is 12.0 Å². The molecule has 2 fully saturated rings. The summed E-state index contributed by atoms with van der Waals surface area (Å²) in [5.41, 5.74) is 0. The average molecular weight is 302 g/mol. The number of morpholine rings is 1. The number of ether oxygens (including phenoxy) is 1. The highest BCUT2D eigenvalue weighted by atomic mass is 32.2. The molecule has 0 saturated carbocycles. The molecule has 0 bridgehead atoms. The number of hydrogen-bond acceptors (Lipinski definition) is 6. The van der Waals surface area contributed by atoms with Gasteiger partial charge in [0.15, 0.2) is 0 Å². The predicted octanol–water partition coefficient (Wildman–Crippen LogP) is 0.493. The van der Waals surface area contributed by atoms with Crippen molar-refractivity contribution in [2.45, 2.75) is 13.0 Å². The standard InChI is InChI=1S/C11H14N2O4S2/c1-7(10(15)16)13-9(14)8(19-11(13)18)6-12-2-4-17-5-3-12/h6-7H,2-5H2,1H3,(H,15,16)/b8-6+/t7-/m0/s1. The van der Waals surface area contributed by atoms with Crippen LogP contribution >= 0.6 is 24.0 Å². The van der Waals surface area contributed by atoms with Crippen LogP contribution in [0, 0.1) is 0 Å². The van der Waals surface area contributed by atoms with Crippen LogP contribution in [0.15, 0.2) is 11.1 Å². The largest absolute Gasteiger partial charge is 0.480 e. The molecule has 8 heteroatoms. The van der Waals surface area contributed by atoms with E-state index in [2.05, 4.69) is 0 Å². The van der Waals surface area contributed by atoms with E-state index in [9.17, 15) is 9.59 Å². The number of carbonyl (C=O) groups is 2. The molecule has 0 unspecified atom stereocenters. The number of rotatable bonds is 3. The van der Waals surface area contributed by atoms with Crippen LogP contribution in [-0.2, 0) is 14.3 Å². The van der Waals surface area contributed by atoms with E-state index >= 15 is 0 Å². The Morgan fingerprint density at radius 2 is 2.16 bits per heavy atom. The molecule has 0 spiro atoms. The molecule has 1 atom stereocenters. The molecular formula is C11H14N2O4S2. The number of carbonyl (C=O) groups excluding carboxylic acids is 1. The van der Waals surface area contributed by atoms with Gasteiger partial charge in [-0.1, -0.05) is 24.0 Å². The quantitative estimate of drug-likeness (QED) is 0.601. The number of thioether (sulfide) groups is 1. The summed E-state index contributed by atoms with van der Waals surface area (Å²) in [6, 6.07) is -0.942. The Hall–Kier alpha value is -1.12. The molecule has 19 heavy (non-hydrogen) atoms. The van der Waals surface area contributed by atoms with Gasteiger partial charge in [-0.2, -0.15) is 0 Å². The maximum atomic E-state index is 12.2. The predicted molar refractivity (Wildman–Crippen MR) is 74.6 cm³/mol. The van der Waals surface area contributed by atoms with Gasteiger partial charge in [-0.3, -0.25) is 9.69 Å². The third-order valence-electron chi connectivity index (χ3n) is 2.91. The molecule has 1 amide bonds. The Kier molecular flexibility index (Phi) is 4.43. The highest BCUT2D eigenvalue weighted by molar-refractivity contribution is 8.26. The van der Waals surface area contributed by atoms with Gasteiger partial charge in [0.25, 0.3) is 5.91 Å².